The van der Waals surface area contributed by atoms with E-state index in [0.29, 0.717) is 24.3 Å². The average molecular weight is 441 g/mol. The number of benzene rings is 1. The van der Waals surface area contributed by atoms with Crippen LogP contribution in [0.25, 0.3) is 5.65 Å². The van der Waals surface area contributed by atoms with Crippen molar-refractivity contribution in [1.82, 2.24) is 24.5 Å². The highest BCUT2D eigenvalue weighted by Crippen LogP contribution is 2.22. The number of pyridine rings is 1. The van der Waals surface area contributed by atoms with Gasteiger partial charge in [0, 0.05) is 50.2 Å². The Morgan fingerprint density at radius 3 is 2.42 bits per heavy atom. The first-order chi connectivity index (χ1) is 16.0. The Bertz CT molecular complexity index is 1290. The van der Waals surface area contributed by atoms with E-state index < -0.39 is 0 Å². The van der Waals surface area contributed by atoms with Crippen LogP contribution >= 0.6 is 0 Å². The Morgan fingerprint density at radius 1 is 0.970 bits per heavy atom. The molecule has 0 atom stereocenters. The van der Waals surface area contributed by atoms with Crippen molar-refractivity contribution in [3.63, 3.8) is 0 Å². The maximum atomic E-state index is 13.3. The Kier molecular flexibility index (Phi) is 5.54. The number of aryl methyl sites for hydroxylation is 3. The molecule has 1 saturated heterocycles. The van der Waals surface area contributed by atoms with Gasteiger partial charge in [-0.1, -0.05) is 35.9 Å². The van der Waals surface area contributed by atoms with Gasteiger partial charge in [-0.05, 0) is 44.0 Å². The molecular weight excluding hydrogens is 412 g/mol. The van der Waals surface area contributed by atoms with Gasteiger partial charge in [-0.3, -0.25) is 4.79 Å². The maximum Gasteiger partial charge on any atom is 0.259 e. The third-order valence-electron chi connectivity index (χ3n) is 6.48. The number of rotatable bonds is 4. The van der Waals surface area contributed by atoms with Gasteiger partial charge in [0.25, 0.3) is 5.91 Å². The van der Waals surface area contributed by atoms with Crippen molar-refractivity contribution < 1.29 is 4.79 Å². The molecule has 1 fully saturated rings. The fourth-order valence-electron chi connectivity index (χ4n) is 4.48. The first kappa shape index (κ1) is 21.1. The van der Waals surface area contributed by atoms with Gasteiger partial charge in [-0.25, -0.2) is 14.5 Å². The summed E-state index contributed by atoms with van der Waals surface area (Å²) in [5, 5.41) is 4.54. The molecule has 0 bridgehead atoms. The summed E-state index contributed by atoms with van der Waals surface area (Å²) in [6.07, 6.45) is 4.26. The van der Waals surface area contributed by atoms with E-state index in [-0.39, 0.29) is 5.91 Å². The van der Waals surface area contributed by atoms with Crippen LogP contribution in [-0.2, 0) is 6.42 Å². The zero-order chi connectivity index (χ0) is 22.9. The summed E-state index contributed by atoms with van der Waals surface area (Å²) >= 11 is 0. The number of carbonyl (C=O) groups excluding carboxylic acids is 1. The Labute approximate surface area is 193 Å². The van der Waals surface area contributed by atoms with Crippen LogP contribution in [0.5, 0.6) is 0 Å². The molecule has 5 rings (SSSR count). The quantitative estimate of drug-likeness (QED) is 0.485. The molecule has 0 saturated carbocycles. The van der Waals surface area contributed by atoms with Crippen molar-refractivity contribution in [3.8, 4) is 0 Å². The molecule has 0 unspecified atom stereocenters. The molecule has 1 aliphatic heterocycles. The lowest BCUT2D eigenvalue weighted by Gasteiger charge is -2.35. The summed E-state index contributed by atoms with van der Waals surface area (Å²) in [6.45, 7) is 8.98. The lowest BCUT2D eigenvalue weighted by molar-refractivity contribution is 0.0748. The Balaban J connectivity index is 1.37. The third kappa shape index (κ3) is 4.06. The topological polar surface area (TPSA) is 66.6 Å². The Hall–Kier alpha value is -3.74. The summed E-state index contributed by atoms with van der Waals surface area (Å²) < 4.78 is 1.81. The van der Waals surface area contributed by atoms with Crippen molar-refractivity contribution in [2.75, 3.05) is 31.1 Å². The zero-order valence-corrected chi connectivity index (χ0v) is 19.3. The van der Waals surface area contributed by atoms with E-state index in [2.05, 4.69) is 53.1 Å². The molecular formula is C26H28N6O. The molecule has 1 amide bonds. The van der Waals surface area contributed by atoms with Gasteiger partial charge in [0.15, 0.2) is 5.65 Å². The summed E-state index contributed by atoms with van der Waals surface area (Å²) in [6, 6.07) is 14.5. The monoisotopic (exact) mass is 440 g/mol. The van der Waals surface area contributed by atoms with E-state index in [1.165, 1.54) is 11.1 Å². The van der Waals surface area contributed by atoms with Crippen molar-refractivity contribution in [1.29, 1.82) is 0 Å². The van der Waals surface area contributed by atoms with Gasteiger partial charge in [0.1, 0.15) is 11.4 Å². The van der Waals surface area contributed by atoms with Crippen molar-refractivity contribution in [3.05, 3.63) is 88.5 Å². The highest BCUT2D eigenvalue weighted by atomic mass is 16.2. The van der Waals surface area contributed by atoms with Crippen LogP contribution in [0.1, 0.15) is 38.4 Å². The minimum absolute atomic E-state index is 0.0109. The SMILES string of the molecule is Cc1ccc(Cc2c(C)nc3c(C(=O)N4CCN(c5ccccn5)CC4)cnn3c2C)cc1. The second-order valence-electron chi connectivity index (χ2n) is 8.68. The van der Waals surface area contributed by atoms with Crippen molar-refractivity contribution in [2.45, 2.75) is 27.2 Å². The number of carbonyl (C=O) groups is 1. The van der Waals surface area contributed by atoms with Gasteiger partial charge in [-0.2, -0.15) is 5.10 Å². The van der Waals surface area contributed by atoms with Crippen LogP contribution < -0.4 is 4.90 Å². The number of hydrogen-bond donors (Lipinski definition) is 0. The lowest BCUT2D eigenvalue weighted by Crippen LogP contribution is -2.49. The zero-order valence-electron chi connectivity index (χ0n) is 19.3. The minimum Gasteiger partial charge on any atom is -0.353 e. The minimum atomic E-state index is -0.0109. The number of nitrogens with zero attached hydrogens (tertiary/aromatic N) is 6. The summed E-state index contributed by atoms with van der Waals surface area (Å²) in [7, 11) is 0. The van der Waals surface area contributed by atoms with Crippen molar-refractivity contribution in [2.24, 2.45) is 0 Å². The molecule has 1 aromatic carbocycles. The normalized spacial score (nSPS) is 14.2. The standard InChI is InChI=1S/C26H28N6O/c1-18-7-9-21(10-8-18)16-22-19(2)29-25-23(17-28-32(25)20(22)3)26(33)31-14-12-30(13-15-31)24-6-4-5-11-27-24/h4-11,17H,12-16H2,1-3H3. The predicted octanol–water partition coefficient (Wildman–Crippen LogP) is 3.60. The number of anilines is 1. The van der Waals surface area contributed by atoms with Crippen LogP contribution in [-0.4, -0.2) is 56.6 Å². The van der Waals surface area contributed by atoms with Crippen LogP contribution in [0, 0.1) is 20.8 Å². The molecule has 3 aromatic heterocycles. The number of fused-ring (bicyclic) bond motifs is 1. The summed E-state index contributed by atoms with van der Waals surface area (Å²) in [5.74, 6) is 0.942. The highest BCUT2D eigenvalue weighted by molar-refractivity contribution is 5.99. The van der Waals surface area contributed by atoms with Gasteiger partial charge in [-0.15, -0.1) is 0 Å². The van der Waals surface area contributed by atoms with Crippen LogP contribution in [0.15, 0.2) is 54.9 Å². The first-order valence-corrected chi connectivity index (χ1v) is 11.4. The summed E-state index contributed by atoms with van der Waals surface area (Å²) in [5.41, 5.74) is 6.80. The molecule has 7 nitrogen and oxygen atoms in total. The first-order valence-electron chi connectivity index (χ1n) is 11.4. The lowest BCUT2D eigenvalue weighted by atomic mass is 10.0. The van der Waals surface area contributed by atoms with E-state index >= 15 is 0 Å². The second kappa shape index (κ2) is 8.65. The van der Waals surface area contributed by atoms with Gasteiger partial charge < -0.3 is 9.80 Å². The van der Waals surface area contributed by atoms with Crippen molar-refractivity contribution >= 4 is 17.4 Å². The number of amides is 1. The largest absolute Gasteiger partial charge is 0.353 e. The van der Waals surface area contributed by atoms with E-state index in [1.807, 2.05) is 34.5 Å². The highest BCUT2D eigenvalue weighted by Gasteiger charge is 2.26. The predicted molar refractivity (Wildman–Crippen MR) is 129 cm³/mol. The van der Waals surface area contributed by atoms with Gasteiger partial charge in [0.05, 0.1) is 6.20 Å². The van der Waals surface area contributed by atoms with Gasteiger partial charge >= 0.3 is 0 Å². The maximum absolute atomic E-state index is 13.3. The summed E-state index contributed by atoms with van der Waals surface area (Å²) in [4.78, 5) is 26.7. The van der Waals surface area contributed by atoms with Crippen LogP contribution in [0.2, 0.25) is 0 Å². The number of piperazine rings is 1. The fourth-order valence-corrected chi connectivity index (χ4v) is 4.48. The van der Waals surface area contributed by atoms with E-state index in [9.17, 15) is 4.79 Å². The third-order valence-corrected chi connectivity index (χ3v) is 6.48. The molecule has 0 N–H and O–H groups in total. The molecule has 4 aromatic rings. The number of aromatic nitrogens is 4. The van der Waals surface area contributed by atoms with Crippen LogP contribution in [0.4, 0.5) is 5.82 Å². The number of hydrogen-bond acceptors (Lipinski definition) is 5. The van der Waals surface area contributed by atoms with E-state index in [0.717, 1.165) is 42.3 Å². The molecule has 1 aliphatic rings. The Morgan fingerprint density at radius 2 is 1.73 bits per heavy atom. The van der Waals surface area contributed by atoms with E-state index in [1.54, 1.807) is 12.4 Å². The average Bonchev–Trinajstić information content (AvgIpc) is 3.27. The molecule has 0 spiro atoms. The molecule has 168 valence electrons. The smallest absolute Gasteiger partial charge is 0.259 e. The van der Waals surface area contributed by atoms with Gasteiger partial charge in [0.2, 0.25) is 0 Å². The molecule has 7 heteroatoms. The second-order valence-corrected chi connectivity index (χ2v) is 8.68. The van der Waals surface area contributed by atoms with E-state index in [4.69, 9.17) is 4.98 Å². The molecule has 0 radical (unpaired) electrons. The molecule has 4 heterocycles. The molecule has 33 heavy (non-hydrogen) atoms. The van der Waals surface area contributed by atoms with Crippen LogP contribution in [0.3, 0.4) is 0 Å². The molecule has 0 aliphatic carbocycles. The fraction of sp³-hybridized carbons (Fsp3) is 0.308.